The predicted octanol–water partition coefficient (Wildman–Crippen LogP) is 4.44. The molecule has 1 aliphatic rings. The Morgan fingerprint density at radius 1 is 1.08 bits per heavy atom. The number of nitrogens with zero attached hydrogens (tertiary/aromatic N) is 3. The molecule has 38 heavy (non-hydrogen) atoms. The summed E-state index contributed by atoms with van der Waals surface area (Å²) < 4.78 is 40.6. The summed E-state index contributed by atoms with van der Waals surface area (Å²) in [6.07, 6.45) is -3.90. The Labute approximate surface area is 220 Å². The third-order valence-electron chi connectivity index (χ3n) is 6.58. The first-order chi connectivity index (χ1) is 18.0. The number of rotatable bonds is 10. The van der Waals surface area contributed by atoms with Gasteiger partial charge in [-0.2, -0.15) is 13.2 Å². The van der Waals surface area contributed by atoms with Crippen molar-refractivity contribution in [3.8, 4) is 0 Å². The first-order valence-electron chi connectivity index (χ1n) is 12.5. The van der Waals surface area contributed by atoms with Crippen LogP contribution < -0.4 is 5.32 Å². The van der Waals surface area contributed by atoms with Crippen molar-refractivity contribution in [3.05, 3.63) is 64.7 Å². The van der Waals surface area contributed by atoms with E-state index < -0.39 is 23.7 Å². The fourth-order valence-corrected chi connectivity index (χ4v) is 4.44. The summed E-state index contributed by atoms with van der Waals surface area (Å²) >= 11 is 0. The van der Waals surface area contributed by atoms with Crippen molar-refractivity contribution in [2.75, 3.05) is 38.5 Å². The Morgan fingerprint density at radius 2 is 1.82 bits per heavy atom. The van der Waals surface area contributed by atoms with Crippen molar-refractivity contribution in [3.63, 3.8) is 0 Å². The standard InChI is InChI=1S/C27H33F3N4O4/c1-3-7-24(35)33-13-12-21-19(17-33)9-6-11-23(21)31-16-25(36)34(15-14-32(2)26(37)38)18-20-8-4-5-10-22(20)27(28,29)30/h4-6,8-11,31H,3,7,12-18H2,1-2H3,(H,37,38). The minimum atomic E-state index is -4.59. The molecule has 3 amide bonds. The minimum Gasteiger partial charge on any atom is -0.465 e. The zero-order chi connectivity index (χ0) is 27.9. The molecule has 1 aliphatic heterocycles. The van der Waals surface area contributed by atoms with Crippen LogP contribution in [0.2, 0.25) is 0 Å². The molecule has 206 valence electrons. The van der Waals surface area contributed by atoms with Gasteiger partial charge in [0, 0.05) is 51.9 Å². The van der Waals surface area contributed by atoms with Crippen molar-refractivity contribution >= 4 is 23.6 Å². The van der Waals surface area contributed by atoms with Crippen LogP contribution in [-0.4, -0.2) is 70.9 Å². The number of anilines is 1. The lowest BCUT2D eigenvalue weighted by molar-refractivity contribution is -0.139. The molecule has 2 N–H and O–H groups in total. The van der Waals surface area contributed by atoms with Crippen LogP contribution in [-0.2, 0) is 35.3 Å². The number of amides is 3. The zero-order valence-corrected chi connectivity index (χ0v) is 21.6. The molecule has 0 aliphatic carbocycles. The molecule has 0 fully saturated rings. The molecule has 1 heterocycles. The van der Waals surface area contributed by atoms with Crippen molar-refractivity contribution in [2.24, 2.45) is 0 Å². The van der Waals surface area contributed by atoms with Crippen LogP contribution in [0.25, 0.3) is 0 Å². The maximum Gasteiger partial charge on any atom is 0.416 e. The maximum atomic E-state index is 13.5. The number of hydrogen-bond donors (Lipinski definition) is 2. The molecule has 0 atom stereocenters. The van der Waals surface area contributed by atoms with E-state index in [4.69, 9.17) is 5.11 Å². The number of alkyl halides is 3. The minimum absolute atomic E-state index is 0.0579. The van der Waals surface area contributed by atoms with Gasteiger partial charge in [-0.05, 0) is 41.7 Å². The molecule has 3 rings (SSSR count). The van der Waals surface area contributed by atoms with Gasteiger partial charge in [0.2, 0.25) is 11.8 Å². The molecule has 0 bridgehead atoms. The maximum absolute atomic E-state index is 13.5. The van der Waals surface area contributed by atoms with E-state index in [0.717, 1.165) is 34.2 Å². The lowest BCUT2D eigenvalue weighted by Crippen LogP contribution is -2.41. The molecule has 0 spiro atoms. The summed E-state index contributed by atoms with van der Waals surface area (Å²) in [5, 5.41) is 12.3. The molecular weight excluding hydrogens is 501 g/mol. The van der Waals surface area contributed by atoms with Crippen LogP contribution in [0.5, 0.6) is 0 Å². The SMILES string of the molecule is CCCC(=O)N1CCc2c(cccc2NCC(=O)N(CCN(C)C(=O)O)Cc2ccccc2C(F)(F)F)C1. The monoisotopic (exact) mass is 534 g/mol. The average molecular weight is 535 g/mol. The summed E-state index contributed by atoms with van der Waals surface area (Å²) in [4.78, 5) is 40.8. The van der Waals surface area contributed by atoms with Crippen LogP contribution >= 0.6 is 0 Å². The highest BCUT2D eigenvalue weighted by Crippen LogP contribution is 2.32. The second kappa shape index (κ2) is 12.7. The fraction of sp³-hybridized carbons (Fsp3) is 0.444. The molecule has 0 saturated heterocycles. The number of fused-ring (bicyclic) bond motifs is 1. The molecular formula is C27H33F3N4O4. The highest BCUT2D eigenvalue weighted by Gasteiger charge is 2.33. The number of benzene rings is 2. The first-order valence-corrected chi connectivity index (χ1v) is 12.5. The van der Waals surface area contributed by atoms with E-state index in [9.17, 15) is 27.6 Å². The van der Waals surface area contributed by atoms with Crippen LogP contribution in [0.3, 0.4) is 0 Å². The summed E-state index contributed by atoms with van der Waals surface area (Å²) in [5.41, 5.74) is 1.81. The van der Waals surface area contributed by atoms with E-state index in [-0.39, 0.29) is 37.6 Å². The van der Waals surface area contributed by atoms with Gasteiger partial charge in [0.05, 0.1) is 12.1 Å². The van der Waals surface area contributed by atoms with Gasteiger partial charge in [-0.1, -0.05) is 37.3 Å². The number of likely N-dealkylation sites (N-methyl/N-ethyl adjacent to an activating group) is 1. The summed E-state index contributed by atoms with van der Waals surface area (Å²) in [5.74, 6) is -0.360. The number of hydrogen-bond acceptors (Lipinski definition) is 4. The topological polar surface area (TPSA) is 93.2 Å². The normalized spacial score (nSPS) is 13.0. The van der Waals surface area contributed by atoms with E-state index in [2.05, 4.69) is 5.32 Å². The average Bonchev–Trinajstić information content (AvgIpc) is 2.88. The fourth-order valence-electron chi connectivity index (χ4n) is 4.44. The Kier molecular flexibility index (Phi) is 9.60. The van der Waals surface area contributed by atoms with Crippen LogP contribution in [0.15, 0.2) is 42.5 Å². The van der Waals surface area contributed by atoms with Gasteiger partial charge < -0.3 is 25.1 Å². The Morgan fingerprint density at radius 3 is 2.50 bits per heavy atom. The van der Waals surface area contributed by atoms with Crippen LogP contribution in [0, 0.1) is 0 Å². The summed E-state index contributed by atoms with van der Waals surface area (Å²) in [6, 6.07) is 10.6. The van der Waals surface area contributed by atoms with Gasteiger partial charge in [-0.25, -0.2) is 4.79 Å². The largest absolute Gasteiger partial charge is 0.465 e. The first kappa shape index (κ1) is 28.8. The zero-order valence-electron chi connectivity index (χ0n) is 21.6. The van der Waals surface area contributed by atoms with Gasteiger partial charge >= 0.3 is 12.3 Å². The smallest absolute Gasteiger partial charge is 0.416 e. The number of nitrogens with one attached hydrogen (secondary N) is 1. The van der Waals surface area contributed by atoms with Gasteiger partial charge in [0.25, 0.3) is 0 Å². The lowest BCUT2D eigenvalue weighted by Gasteiger charge is -2.31. The van der Waals surface area contributed by atoms with E-state index in [0.29, 0.717) is 25.9 Å². The highest BCUT2D eigenvalue weighted by molar-refractivity contribution is 5.81. The molecule has 0 unspecified atom stereocenters. The third-order valence-corrected chi connectivity index (χ3v) is 6.58. The van der Waals surface area contributed by atoms with Gasteiger partial charge in [0.1, 0.15) is 0 Å². The van der Waals surface area contributed by atoms with E-state index in [1.807, 2.05) is 30.0 Å². The lowest BCUT2D eigenvalue weighted by atomic mass is 9.97. The molecule has 8 nitrogen and oxygen atoms in total. The highest BCUT2D eigenvalue weighted by atomic mass is 19.4. The third kappa shape index (κ3) is 7.39. The number of carboxylic acid groups (broad SMARTS) is 1. The van der Waals surface area contributed by atoms with E-state index in [1.165, 1.54) is 30.1 Å². The van der Waals surface area contributed by atoms with Gasteiger partial charge in [0.15, 0.2) is 0 Å². The van der Waals surface area contributed by atoms with Crippen molar-refractivity contribution in [1.29, 1.82) is 0 Å². The molecule has 0 aromatic heterocycles. The summed E-state index contributed by atoms with van der Waals surface area (Å²) in [7, 11) is 1.33. The predicted molar refractivity (Wildman–Crippen MR) is 136 cm³/mol. The van der Waals surface area contributed by atoms with Gasteiger partial charge in [-0.15, -0.1) is 0 Å². The van der Waals surface area contributed by atoms with Crippen molar-refractivity contribution < 1.29 is 32.7 Å². The molecule has 2 aromatic carbocycles. The number of carbonyl (C=O) groups is 3. The molecule has 2 aromatic rings. The number of halogens is 3. The molecule has 0 saturated carbocycles. The quantitative estimate of drug-likeness (QED) is 0.470. The Balaban J connectivity index is 1.75. The van der Waals surface area contributed by atoms with E-state index in [1.54, 1.807) is 0 Å². The number of carbonyl (C=O) groups excluding carboxylic acids is 2. The van der Waals surface area contributed by atoms with Crippen molar-refractivity contribution in [1.82, 2.24) is 14.7 Å². The van der Waals surface area contributed by atoms with E-state index >= 15 is 0 Å². The second-order valence-electron chi connectivity index (χ2n) is 9.29. The summed E-state index contributed by atoms with van der Waals surface area (Å²) in [6.45, 7) is 2.39. The molecule has 0 radical (unpaired) electrons. The van der Waals surface area contributed by atoms with Crippen LogP contribution in [0.1, 0.15) is 42.0 Å². The Hall–Kier alpha value is -3.76. The second-order valence-corrected chi connectivity index (χ2v) is 9.29. The van der Waals surface area contributed by atoms with Crippen LogP contribution in [0.4, 0.5) is 23.7 Å². The van der Waals surface area contributed by atoms with Gasteiger partial charge in [-0.3, -0.25) is 9.59 Å². The Bertz CT molecular complexity index is 1160. The van der Waals surface area contributed by atoms with Crippen molar-refractivity contribution in [2.45, 2.75) is 45.5 Å². The molecule has 11 heteroatoms.